The van der Waals surface area contributed by atoms with E-state index in [1.807, 2.05) is 139 Å². The summed E-state index contributed by atoms with van der Waals surface area (Å²) in [6.45, 7) is 23.4. The summed E-state index contributed by atoms with van der Waals surface area (Å²) in [5, 5.41) is 55.1. The van der Waals surface area contributed by atoms with E-state index in [4.69, 9.17) is 75.3 Å². The van der Waals surface area contributed by atoms with Crippen LogP contribution in [0, 0.1) is 67.0 Å². The van der Waals surface area contributed by atoms with Crippen LogP contribution in [0.25, 0.3) is 0 Å². The molecule has 36 nitrogen and oxygen atoms in total. The van der Waals surface area contributed by atoms with Gasteiger partial charge in [-0.15, -0.1) is 0 Å². The van der Waals surface area contributed by atoms with Gasteiger partial charge in [-0.25, -0.2) is 28.7 Å². The molecule has 8 aromatic heterocycles. The van der Waals surface area contributed by atoms with Gasteiger partial charge in [-0.2, -0.15) is 40.3 Å². The van der Waals surface area contributed by atoms with Gasteiger partial charge in [0.05, 0.1) is 60.0 Å². The molecular formula is C96H120Cl6F2N32O4. The fourth-order valence-electron chi connectivity index (χ4n) is 17.0. The second-order valence-corrected chi connectivity index (χ2v) is 38.7. The zero-order chi connectivity index (χ0) is 100. The molecule has 0 radical (unpaired) electrons. The maximum absolute atomic E-state index is 15.1. The molecule has 0 aliphatic carbocycles. The highest BCUT2D eigenvalue weighted by atomic mass is 35.5. The van der Waals surface area contributed by atoms with Crippen LogP contribution in [0.4, 0.5) is 102 Å². The smallest absolute Gasteiger partial charge is 0.236 e. The predicted molar refractivity (Wildman–Crippen MR) is 551 cm³/mol. The zero-order valence-corrected chi connectivity index (χ0v) is 85.4. The van der Waals surface area contributed by atoms with Gasteiger partial charge >= 0.3 is 0 Å². The number of carbonyl (C=O) groups excluding carboxylic acids is 4. The van der Waals surface area contributed by atoms with Crippen LogP contribution in [0.1, 0.15) is 155 Å². The number of rotatable bonds is 29. The van der Waals surface area contributed by atoms with Crippen molar-refractivity contribution in [3.8, 4) is 0 Å². The third-order valence-corrected chi connectivity index (χ3v) is 26.3. The Labute approximate surface area is 842 Å². The summed E-state index contributed by atoms with van der Waals surface area (Å²) in [6.07, 6.45) is 13.9. The van der Waals surface area contributed by atoms with Crippen molar-refractivity contribution < 1.29 is 28.0 Å². The topological polar surface area (TPSA) is 431 Å². The molecule has 0 saturated carbocycles. The summed E-state index contributed by atoms with van der Waals surface area (Å²) in [7, 11) is 11.7. The first kappa shape index (κ1) is 105. The number of aromatic amines is 4. The SMILES string of the molecule is Cc1cc(Nc2nc(Nc3cc(C)c(C4CCN(C(=O)CCN(C)C)CC4)cc3C)ncc2Cl)n[nH]1.Cc1cc(Nc2nc(Nc3cc(C)c(C4CCN(C(=O)CCN(C)C)CC4)cc3F)ncc2Cl)n[nH]1.Cc1cc(Nc2nc(Nc3cc(C)c(C4CCN(C(=O)CN)CC4)cc3F)ncc2Cl)n[nH]1.Cc1cc(Nc2nc(Nc3cc(Cl)c(C4CCN(C(=O)CN(C)C)CC4)cc3Cl)ncc2Cl)n[nH]1. The number of nitrogens with one attached hydrogen (secondary N) is 12. The van der Waals surface area contributed by atoms with Gasteiger partial charge < -0.3 is 82.6 Å². The van der Waals surface area contributed by atoms with Crippen molar-refractivity contribution in [3.05, 3.63) is 207 Å². The number of hydrogen-bond acceptors (Lipinski definition) is 28. The molecule has 4 aliphatic heterocycles. The Morgan fingerprint density at radius 1 is 0.343 bits per heavy atom. The monoisotopic (exact) mass is 2030 g/mol. The predicted octanol–water partition coefficient (Wildman–Crippen LogP) is 18.7. The number of carbonyl (C=O) groups is 4. The van der Waals surface area contributed by atoms with E-state index >= 15 is 8.78 Å². The number of nitrogens with zero attached hydrogens (tertiary/aromatic N) is 19. The first-order valence-corrected chi connectivity index (χ1v) is 48.5. The van der Waals surface area contributed by atoms with Gasteiger partial charge in [-0.3, -0.25) is 39.6 Å². The normalized spacial score (nSPS) is 14.4. The first-order valence-electron chi connectivity index (χ1n) is 46.2. The van der Waals surface area contributed by atoms with Crippen molar-refractivity contribution in [1.82, 2.24) is 115 Å². The maximum atomic E-state index is 15.1. The van der Waals surface area contributed by atoms with Crippen molar-refractivity contribution in [1.29, 1.82) is 0 Å². The summed E-state index contributed by atoms with van der Waals surface area (Å²) in [6, 6.07) is 22.1. The van der Waals surface area contributed by atoms with Gasteiger partial charge in [0, 0.05) is 136 Å². The lowest BCUT2D eigenvalue weighted by Gasteiger charge is -2.33. The van der Waals surface area contributed by atoms with Gasteiger partial charge in [0.15, 0.2) is 46.5 Å². The van der Waals surface area contributed by atoms with Crippen LogP contribution in [-0.4, -0.2) is 259 Å². The molecule has 16 rings (SSSR count). The van der Waals surface area contributed by atoms with Crippen LogP contribution in [-0.2, 0) is 19.2 Å². The highest BCUT2D eigenvalue weighted by molar-refractivity contribution is 6.36. The molecule has 12 aromatic rings. The number of benzene rings is 4. The third-order valence-electron chi connectivity index (χ3n) is 24.5. The van der Waals surface area contributed by atoms with Gasteiger partial charge in [0.2, 0.25) is 47.4 Å². The number of likely N-dealkylation sites (tertiary alicyclic amines) is 4. The number of likely N-dealkylation sites (N-methyl/N-ethyl adjacent to an activating group) is 1. The van der Waals surface area contributed by atoms with E-state index in [-0.39, 0.29) is 77.0 Å². The Balaban J connectivity index is 0.000000157. The molecule has 140 heavy (non-hydrogen) atoms. The molecule has 4 fully saturated rings. The molecule has 0 bridgehead atoms. The van der Waals surface area contributed by atoms with Gasteiger partial charge in [-0.1, -0.05) is 75.7 Å². The molecule has 4 aliphatic rings. The molecule has 744 valence electrons. The van der Waals surface area contributed by atoms with Crippen LogP contribution in [0.5, 0.6) is 0 Å². The maximum Gasteiger partial charge on any atom is 0.236 e. The van der Waals surface area contributed by atoms with Gasteiger partial charge in [-0.05, 0) is 260 Å². The molecule has 4 amide bonds. The minimum Gasteiger partial charge on any atom is -0.343 e. The van der Waals surface area contributed by atoms with Crippen LogP contribution in [0.3, 0.4) is 0 Å². The Kier molecular flexibility index (Phi) is 36.6. The summed E-state index contributed by atoms with van der Waals surface area (Å²) < 4.78 is 30.1. The quantitative estimate of drug-likeness (QED) is 0.0207. The minimum atomic E-state index is -0.396. The lowest BCUT2D eigenvalue weighted by molar-refractivity contribution is -0.133. The van der Waals surface area contributed by atoms with E-state index in [1.54, 1.807) is 41.4 Å². The van der Waals surface area contributed by atoms with E-state index in [1.165, 1.54) is 29.7 Å². The fraction of sp³-hybridized carbons (Fsp3) is 0.417. The van der Waals surface area contributed by atoms with Gasteiger partial charge in [0.1, 0.15) is 31.7 Å². The molecule has 0 atom stereocenters. The van der Waals surface area contributed by atoms with E-state index < -0.39 is 5.82 Å². The van der Waals surface area contributed by atoms with Crippen LogP contribution < -0.4 is 48.3 Å². The Morgan fingerprint density at radius 3 is 0.943 bits per heavy atom. The number of hydrogen-bond donors (Lipinski definition) is 13. The van der Waals surface area contributed by atoms with E-state index in [9.17, 15) is 19.2 Å². The lowest BCUT2D eigenvalue weighted by atomic mass is 9.85. The van der Waals surface area contributed by atoms with Crippen molar-refractivity contribution in [2.24, 2.45) is 5.73 Å². The standard InChI is InChI=1S/C26H35ClN8O.C25H32ClFN8O.C23H27Cl3N8O.C22H26ClFN8O/c1-16-13-22(29-26-28-15-21(27)25(31-26)30-23-14-18(3)32-33-23)17(2)12-20(16)19-6-10-35(11-7-19)24(36)8-9-34(4)5;1-15-11-21(29-25-28-14-19(26)24(31-25)30-22-12-16(2)32-33-22)20(27)13-18(15)17-5-9-35(10-6-17)23(36)7-8-34(3)4;1-13-8-20(32-31-13)29-22-18(26)11-27-23(30-22)28-19-10-16(24)15(9-17(19)25)14-4-6-34(7-5-14)21(35)12-33(2)3;1-12-7-18(17(24)9-15(12)14-3-5-32(6-4-14)20(33)10-25)27-22-26-11-16(23)21(29-22)28-19-8-13(2)30-31-19/h12-15,19H,6-11H2,1-5H3,(H3,28,29,30,31,32,33);11-14,17H,5-10H2,1-4H3,(H3,28,29,30,31,32,33);8-11,14H,4-7,12H2,1-3H3,(H3,27,28,29,30,31,32);7-9,11,14H,3-6,10,25H2,1-2H3,(H3,26,27,28,29,30,31). The molecule has 14 N–H and O–H groups in total. The minimum absolute atomic E-state index is 0.0179. The Bertz CT molecular complexity index is 6110. The highest BCUT2D eigenvalue weighted by Gasteiger charge is 2.32. The molecule has 44 heteroatoms. The molecule has 0 unspecified atom stereocenters. The Hall–Kier alpha value is -12.2. The van der Waals surface area contributed by atoms with E-state index in [0.717, 1.165) is 139 Å². The number of halogens is 8. The van der Waals surface area contributed by atoms with Crippen LogP contribution in [0.2, 0.25) is 30.1 Å². The largest absolute Gasteiger partial charge is 0.343 e. The number of aromatic nitrogens is 16. The molecular weight excluding hydrogens is 1920 g/mol. The number of piperidine rings is 4. The summed E-state index contributed by atoms with van der Waals surface area (Å²) >= 11 is 38.2. The van der Waals surface area contributed by atoms with Crippen molar-refractivity contribution >= 4 is 186 Å². The van der Waals surface area contributed by atoms with Crippen molar-refractivity contribution in [2.75, 3.05) is 163 Å². The second-order valence-electron chi connectivity index (χ2n) is 36.2. The Morgan fingerprint density at radius 2 is 0.636 bits per heavy atom. The summed E-state index contributed by atoms with van der Waals surface area (Å²) in [5.74, 6) is 6.01. The van der Waals surface area contributed by atoms with Crippen molar-refractivity contribution in [3.63, 3.8) is 0 Å². The molecule has 4 saturated heterocycles. The molecule has 0 spiro atoms. The van der Waals surface area contributed by atoms with Crippen LogP contribution >= 0.6 is 69.6 Å². The van der Waals surface area contributed by atoms with E-state index in [2.05, 4.69) is 154 Å². The first-order chi connectivity index (χ1) is 66.9. The average molecular weight is 2040 g/mol. The summed E-state index contributed by atoms with van der Waals surface area (Å²) in [4.78, 5) is 97.3. The lowest BCUT2D eigenvalue weighted by Crippen LogP contribution is -2.42. The molecule has 12 heterocycles. The second kappa shape index (κ2) is 48.8. The fourth-order valence-corrected chi connectivity index (χ4v) is 18.1. The number of nitrogens with two attached hydrogens (primary N) is 1. The van der Waals surface area contributed by atoms with Crippen LogP contribution in [0.15, 0.2) is 97.6 Å². The number of anilines is 16. The average Bonchev–Trinajstić information content (AvgIpc) is 1.18. The van der Waals surface area contributed by atoms with Gasteiger partial charge in [0.25, 0.3) is 0 Å². The highest BCUT2D eigenvalue weighted by Crippen LogP contribution is 2.43. The van der Waals surface area contributed by atoms with E-state index in [0.29, 0.717) is 159 Å². The summed E-state index contributed by atoms with van der Waals surface area (Å²) in [5.41, 5.74) is 19.7. The molecule has 4 aromatic carbocycles. The zero-order valence-electron chi connectivity index (χ0n) is 80.8. The number of amides is 4. The third kappa shape index (κ3) is 29.0. The number of H-pyrrole nitrogens is 4. The van der Waals surface area contributed by atoms with Crippen molar-refractivity contribution in [2.45, 2.75) is 143 Å². The number of aryl methyl sites for hydroxylation is 8.